The number of hydrogen-bond acceptors (Lipinski definition) is 3. The number of ether oxygens (including phenoxy) is 1. The second-order valence-corrected chi connectivity index (χ2v) is 2.59. The third-order valence-electron chi connectivity index (χ3n) is 1.37. The number of hydrogen-bond donors (Lipinski definition) is 2. The molecule has 0 aromatic carbocycles. The van der Waals surface area contributed by atoms with E-state index >= 15 is 0 Å². The summed E-state index contributed by atoms with van der Waals surface area (Å²) < 4.78 is 4.94. The van der Waals surface area contributed by atoms with E-state index < -0.39 is 6.29 Å². The maximum absolute atomic E-state index is 8.11. The van der Waals surface area contributed by atoms with E-state index in [1.54, 1.807) is 0 Å². The maximum Gasteiger partial charge on any atom is 0.151 e. The molecule has 0 atom stereocenters. The highest BCUT2D eigenvalue weighted by Crippen LogP contribution is 1.98. The van der Waals surface area contributed by atoms with Crippen molar-refractivity contribution in [3.05, 3.63) is 0 Å². The first kappa shape index (κ1) is 10.9. The molecule has 1 aliphatic rings. The molecular formula is C8H18O3. The van der Waals surface area contributed by atoms with Gasteiger partial charge in [0.15, 0.2) is 6.29 Å². The zero-order valence-electron chi connectivity index (χ0n) is 7.12. The van der Waals surface area contributed by atoms with Gasteiger partial charge in [0.1, 0.15) is 0 Å². The van der Waals surface area contributed by atoms with E-state index in [1.807, 2.05) is 6.92 Å². The Kier molecular flexibility index (Phi) is 7.89. The lowest BCUT2D eigenvalue weighted by Gasteiger charge is -1.94. The monoisotopic (exact) mass is 162 g/mol. The normalized spacial score (nSPS) is 16.4. The van der Waals surface area contributed by atoms with Crippen molar-refractivity contribution in [1.29, 1.82) is 0 Å². The molecule has 0 bridgehead atoms. The third kappa shape index (κ3) is 9.88. The minimum atomic E-state index is -1.10. The van der Waals surface area contributed by atoms with Gasteiger partial charge >= 0.3 is 0 Å². The molecule has 0 aliphatic carbocycles. The van der Waals surface area contributed by atoms with Gasteiger partial charge in [-0.2, -0.15) is 0 Å². The quantitative estimate of drug-likeness (QED) is 0.593. The molecule has 0 aromatic rings. The molecule has 1 fully saturated rings. The van der Waals surface area contributed by atoms with Crippen molar-refractivity contribution < 1.29 is 14.9 Å². The maximum atomic E-state index is 8.11. The summed E-state index contributed by atoms with van der Waals surface area (Å²) in [6.45, 7) is 3.90. The van der Waals surface area contributed by atoms with Crippen molar-refractivity contribution in [2.24, 2.45) is 0 Å². The SMILES string of the molecule is C1CCOC1.CCCC(O)O. The van der Waals surface area contributed by atoms with Crippen LogP contribution in [0.15, 0.2) is 0 Å². The Labute approximate surface area is 68.0 Å². The Morgan fingerprint density at radius 3 is 1.91 bits per heavy atom. The van der Waals surface area contributed by atoms with Gasteiger partial charge in [0.2, 0.25) is 0 Å². The summed E-state index contributed by atoms with van der Waals surface area (Å²) in [4.78, 5) is 0. The fourth-order valence-corrected chi connectivity index (χ4v) is 0.769. The van der Waals surface area contributed by atoms with Crippen molar-refractivity contribution >= 4 is 0 Å². The lowest BCUT2D eigenvalue weighted by atomic mass is 10.3. The van der Waals surface area contributed by atoms with Gasteiger partial charge in [-0.3, -0.25) is 0 Å². The summed E-state index contributed by atoms with van der Waals surface area (Å²) in [7, 11) is 0. The van der Waals surface area contributed by atoms with E-state index in [-0.39, 0.29) is 0 Å². The molecule has 3 nitrogen and oxygen atoms in total. The Hall–Kier alpha value is -0.120. The average Bonchev–Trinajstić information content (AvgIpc) is 2.41. The van der Waals surface area contributed by atoms with Gasteiger partial charge in [-0.25, -0.2) is 0 Å². The van der Waals surface area contributed by atoms with Gasteiger partial charge in [0.05, 0.1) is 0 Å². The zero-order chi connectivity index (χ0) is 8.53. The van der Waals surface area contributed by atoms with E-state index in [9.17, 15) is 0 Å². The van der Waals surface area contributed by atoms with E-state index in [4.69, 9.17) is 14.9 Å². The number of aliphatic hydroxyl groups excluding tert-OH is 1. The summed E-state index contributed by atoms with van der Waals surface area (Å²) in [5.74, 6) is 0. The second kappa shape index (κ2) is 7.98. The summed E-state index contributed by atoms with van der Waals surface area (Å²) in [6, 6.07) is 0. The van der Waals surface area contributed by atoms with Gasteiger partial charge in [-0.15, -0.1) is 0 Å². The summed E-state index contributed by atoms with van der Waals surface area (Å²) >= 11 is 0. The lowest BCUT2D eigenvalue weighted by molar-refractivity contribution is -0.0453. The minimum Gasteiger partial charge on any atom is -0.381 e. The number of rotatable bonds is 2. The molecule has 0 saturated carbocycles. The van der Waals surface area contributed by atoms with Crippen LogP contribution < -0.4 is 0 Å². The van der Waals surface area contributed by atoms with Crippen molar-refractivity contribution in [3.8, 4) is 0 Å². The fourth-order valence-electron chi connectivity index (χ4n) is 0.769. The van der Waals surface area contributed by atoms with Crippen LogP contribution in [0.4, 0.5) is 0 Å². The molecule has 0 aromatic heterocycles. The Morgan fingerprint density at radius 1 is 1.27 bits per heavy atom. The molecule has 0 amide bonds. The topological polar surface area (TPSA) is 49.7 Å². The van der Waals surface area contributed by atoms with Gasteiger partial charge in [-0.1, -0.05) is 13.3 Å². The molecule has 1 heterocycles. The molecule has 1 saturated heterocycles. The highest BCUT2D eigenvalue weighted by molar-refractivity contribution is 4.43. The van der Waals surface area contributed by atoms with E-state index in [0.717, 1.165) is 19.6 Å². The van der Waals surface area contributed by atoms with Gasteiger partial charge in [0, 0.05) is 13.2 Å². The van der Waals surface area contributed by atoms with E-state index in [0.29, 0.717) is 6.42 Å². The van der Waals surface area contributed by atoms with Crippen molar-refractivity contribution in [3.63, 3.8) is 0 Å². The van der Waals surface area contributed by atoms with Gasteiger partial charge < -0.3 is 14.9 Å². The van der Waals surface area contributed by atoms with Crippen molar-refractivity contribution in [1.82, 2.24) is 0 Å². The number of aliphatic hydroxyl groups is 2. The minimum absolute atomic E-state index is 0.486. The molecule has 0 radical (unpaired) electrons. The highest BCUT2D eigenvalue weighted by atomic mass is 16.5. The zero-order valence-corrected chi connectivity index (χ0v) is 7.12. The van der Waals surface area contributed by atoms with Crippen LogP contribution in [-0.4, -0.2) is 29.7 Å². The standard InChI is InChI=1S/C4H10O2.C4H8O/c1-2-3-4(5)6;1-2-4-5-3-1/h4-6H,2-3H2,1H3;1-4H2. The van der Waals surface area contributed by atoms with Crippen LogP contribution >= 0.6 is 0 Å². The van der Waals surface area contributed by atoms with Crippen LogP contribution in [-0.2, 0) is 4.74 Å². The van der Waals surface area contributed by atoms with Crippen LogP contribution in [0.5, 0.6) is 0 Å². The second-order valence-electron chi connectivity index (χ2n) is 2.59. The lowest BCUT2D eigenvalue weighted by Crippen LogP contribution is -2.01. The van der Waals surface area contributed by atoms with Crippen LogP contribution in [0, 0.1) is 0 Å². The molecule has 2 N–H and O–H groups in total. The third-order valence-corrected chi connectivity index (χ3v) is 1.37. The van der Waals surface area contributed by atoms with Crippen molar-refractivity contribution in [2.45, 2.75) is 38.9 Å². The van der Waals surface area contributed by atoms with Crippen LogP contribution in [0.1, 0.15) is 32.6 Å². The molecule has 68 valence electrons. The van der Waals surface area contributed by atoms with Crippen LogP contribution in [0.25, 0.3) is 0 Å². The van der Waals surface area contributed by atoms with Gasteiger partial charge in [-0.05, 0) is 19.3 Å². The predicted octanol–water partition coefficient (Wildman–Crippen LogP) is 0.894. The summed E-state index contributed by atoms with van der Waals surface area (Å²) in [5, 5.41) is 16.2. The smallest absolute Gasteiger partial charge is 0.151 e. The molecule has 3 heteroatoms. The Balaban J connectivity index is 0.000000183. The Bertz CT molecular complexity index is 62.1. The molecule has 0 spiro atoms. The van der Waals surface area contributed by atoms with E-state index in [2.05, 4.69) is 0 Å². The molecule has 1 aliphatic heterocycles. The van der Waals surface area contributed by atoms with E-state index in [1.165, 1.54) is 12.8 Å². The summed E-state index contributed by atoms with van der Waals surface area (Å²) in [5.41, 5.74) is 0. The first-order valence-electron chi connectivity index (χ1n) is 4.21. The average molecular weight is 162 g/mol. The largest absolute Gasteiger partial charge is 0.381 e. The molecular weight excluding hydrogens is 144 g/mol. The molecule has 11 heavy (non-hydrogen) atoms. The highest BCUT2D eigenvalue weighted by Gasteiger charge is 1.94. The molecule has 0 unspecified atom stereocenters. The predicted molar refractivity (Wildman–Crippen MR) is 43.2 cm³/mol. The van der Waals surface area contributed by atoms with Gasteiger partial charge in [0.25, 0.3) is 0 Å². The first-order chi connectivity index (χ1) is 5.27. The summed E-state index contributed by atoms with van der Waals surface area (Å²) in [6.07, 6.45) is 2.77. The Morgan fingerprint density at radius 2 is 1.82 bits per heavy atom. The first-order valence-corrected chi connectivity index (χ1v) is 4.21. The van der Waals surface area contributed by atoms with Crippen LogP contribution in [0.3, 0.4) is 0 Å². The molecule has 1 rings (SSSR count). The van der Waals surface area contributed by atoms with Crippen molar-refractivity contribution in [2.75, 3.05) is 13.2 Å². The van der Waals surface area contributed by atoms with Crippen LogP contribution in [0.2, 0.25) is 0 Å². The fraction of sp³-hybridized carbons (Fsp3) is 1.00.